The summed E-state index contributed by atoms with van der Waals surface area (Å²) in [6.07, 6.45) is 4.85. The van der Waals surface area contributed by atoms with E-state index in [2.05, 4.69) is 10.7 Å². The van der Waals surface area contributed by atoms with Gasteiger partial charge in [0.1, 0.15) is 0 Å². The Morgan fingerprint density at radius 2 is 1.72 bits per heavy atom. The van der Waals surface area contributed by atoms with Crippen LogP contribution >= 0.6 is 0 Å². The first-order valence-electron chi connectivity index (χ1n) is 9.67. The highest BCUT2D eigenvalue weighted by Crippen LogP contribution is 2.23. The molecule has 4 amide bonds. The van der Waals surface area contributed by atoms with Crippen LogP contribution < -0.4 is 15.8 Å². The average molecular weight is 401 g/mol. The lowest BCUT2D eigenvalue weighted by Gasteiger charge is -2.27. The highest BCUT2D eigenvalue weighted by atomic mass is 16.5. The van der Waals surface area contributed by atoms with Crippen molar-refractivity contribution in [2.45, 2.75) is 44.9 Å². The van der Waals surface area contributed by atoms with E-state index >= 15 is 0 Å². The molecule has 2 fully saturated rings. The molecule has 0 unspecified atom stereocenters. The SMILES string of the molecule is O=C(COC(=O)c1ccc(N2NC(=O)CCC2=O)cc1)NC(=O)C1CCCCC1. The number of nitrogens with zero attached hydrogens (tertiary/aromatic N) is 1. The van der Waals surface area contributed by atoms with Gasteiger partial charge in [0.2, 0.25) is 17.7 Å². The van der Waals surface area contributed by atoms with Crippen molar-refractivity contribution in [2.24, 2.45) is 5.92 Å². The molecule has 1 heterocycles. The monoisotopic (exact) mass is 401 g/mol. The average Bonchev–Trinajstić information content (AvgIpc) is 2.74. The van der Waals surface area contributed by atoms with Crippen LogP contribution in [0.2, 0.25) is 0 Å². The molecule has 1 saturated carbocycles. The standard InChI is InChI=1S/C20H23N3O6/c24-16-10-11-18(26)23(22-16)15-8-6-14(7-9-15)20(28)29-12-17(25)21-19(27)13-4-2-1-3-5-13/h6-9,13H,1-5,10-12H2,(H,22,24)(H,21,25,27). The summed E-state index contributed by atoms with van der Waals surface area (Å²) in [5.41, 5.74) is 3.05. The topological polar surface area (TPSA) is 122 Å². The number of ether oxygens (including phenoxy) is 1. The van der Waals surface area contributed by atoms with Crippen LogP contribution in [0.4, 0.5) is 5.69 Å². The van der Waals surface area contributed by atoms with E-state index in [1.54, 1.807) is 0 Å². The normalized spacial score (nSPS) is 17.4. The molecule has 3 rings (SSSR count). The minimum absolute atomic E-state index is 0.115. The van der Waals surface area contributed by atoms with Gasteiger partial charge in [-0.05, 0) is 37.1 Å². The van der Waals surface area contributed by atoms with E-state index in [9.17, 15) is 24.0 Å². The molecule has 1 saturated heterocycles. The summed E-state index contributed by atoms with van der Waals surface area (Å²) in [6, 6.07) is 5.84. The number of benzene rings is 1. The maximum atomic E-state index is 12.1. The lowest BCUT2D eigenvalue weighted by Crippen LogP contribution is -2.50. The second kappa shape index (κ2) is 9.31. The summed E-state index contributed by atoms with van der Waals surface area (Å²) in [5, 5.41) is 3.41. The van der Waals surface area contributed by atoms with Crippen molar-refractivity contribution in [1.29, 1.82) is 0 Å². The molecule has 0 radical (unpaired) electrons. The van der Waals surface area contributed by atoms with E-state index < -0.39 is 18.5 Å². The number of esters is 1. The summed E-state index contributed by atoms with van der Waals surface area (Å²) in [5.74, 6) is -2.38. The summed E-state index contributed by atoms with van der Waals surface area (Å²) in [4.78, 5) is 59.3. The van der Waals surface area contributed by atoms with Gasteiger partial charge in [0.25, 0.3) is 5.91 Å². The quantitative estimate of drug-likeness (QED) is 0.716. The third-order valence-electron chi connectivity index (χ3n) is 4.99. The van der Waals surface area contributed by atoms with Gasteiger partial charge in [-0.2, -0.15) is 0 Å². The number of hydrazine groups is 1. The highest BCUT2D eigenvalue weighted by molar-refractivity contribution is 6.02. The third-order valence-corrected chi connectivity index (χ3v) is 4.99. The molecule has 0 aromatic heterocycles. The number of hydrogen-bond acceptors (Lipinski definition) is 6. The van der Waals surface area contributed by atoms with Gasteiger partial charge < -0.3 is 4.74 Å². The van der Waals surface area contributed by atoms with Gasteiger partial charge in [0.15, 0.2) is 6.61 Å². The zero-order chi connectivity index (χ0) is 20.8. The van der Waals surface area contributed by atoms with Gasteiger partial charge in [0, 0.05) is 18.8 Å². The number of hydrogen-bond donors (Lipinski definition) is 2. The Morgan fingerprint density at radius 1 is 1.03 bits per heavy atom. The van der Waals surface area contributed by atoms with Gasteiger partial charge in [-0.3, -0.25) is 29.9 Å². The van der Waals surface area contributed by atoms with Gasteiger partial charge in [0.05, 0.1) is 11.3 Å². The fourth-order valence-electron chi connectivity index (χ4n) is 3.39. The van der Waals surface area contributed by atoms with Crippen LogP contribution in [0.5, 0.6) is 0 Å². The highest BCUT2D eigenvalue weighted by Gasteiger charge is 2.25. The summed E-state index contributed by atoms with van der Waals surface area (Å²) in [7, 11) is 0. The van der Waals surface area contributed by atoms with Gasteiger partial charge >= 0.3 is 5.97 Å². The Bertz CT molecular complexity index is 814. The second-order valence-corrected chi connectivity index (χ2v) is 7.13. The predicted octanol–water partition coefficient (Wildman–Crippen LogP) is 1.22. The number of nitrogens with one attached hydrogen (secondary N) is 2. The third kappa shape index (κ3) is 5.40. The van der Waals surface area contributed by atoms with Crippen molar-refractivity contribution in [3.05, 3.63) is 29.8 Å². The molecule has 29 heavy (non-hydrogen) atoms. The smallest absolute Gasteiger partial charge is 0.338 e. The van der Waals surface area contributed by atoms with Crippen molar-refractivity contribution in [3.63, 3.8) is 0 Å². The minimum atomic E-state index is -0.731. The predicted molar refractivity (Wildman–Crippen MR) is 101 cm³/mol. The Labute approximate surface area is 167 Å². The number of carbonyl (C=O) groups is 5. The minimum Gasteiger partial charge on any atom is -0.452 e. The molecule has 1 aromatic rings. The zero-order valence-corrected chi connectivity index (χ0v) is 15.9. The van der Waals surface area contributed by atoms with Gasteiger partial charge in [-0.1, -0.05) is 19.3 Å². The maximum absolute atomic E-state index is 12.1. The van der Waals surface area contributed by atoms with Crippen LogP contribution in [0.15, 0.2) is 24.3 Å². The summed E-state index contributed by atoms with van der Waals surface area (Å²) in [6.45, 7) is -0.556. The molecule has 154 valence electrons. The fraction of sp³-hybridized carbons (Fsp3) is 0.450. The van der Waals surface area contributed by atoms with E-state index in [0.29, 0.717) is 5.69 Å². The lowest BCUT2D eigenvalue weighted by atomic mass is 9.89. The van der Waals surface area contributed by atoms with Crippen LogP contribution in [0.1, 0.15) is 55.3 Å². The van der Waals surface area contributed by atoms with E-state index in [1.165, 1.54) is 24.3 Å². The number of amides is 4. The molecule has 1 aliphatic carbocycles. The Balaban J connectivity index is 1.49. The first-order chi connectivity index (χ1) is 13.9. The fourth-order valence-corrected chi connectivity index (χ4v) is 3.39. The summed E-state index contributed by atoms with van der Waals surface area (Å²) < 4.78 is 4.95. The number of rotatable bonds is 5. The first-order valence-corrected chi connectivity index (χ1v) is 9.67. The number of anilines is 1. The van der Waals surface area contributed by atoms with E-state index in [4.69, 9.17) is 4.74 Å². The van der Waals surface area contributed by atoms with Crippen molar-refractivity contribution in [1.82, 2.24) is 10.7 Å². The molecule has 2 N–H and O–H groups in total. The Morgan fingerprint density at radius 3 is 2.41 bits per heavy atom. The molecule has 1 aromatic carbocycles. The second-order valence-electron chi connectivity index (χ2n) is 7.13. The molecule has 1 aliphatic heterocycles. The van der Waals surface area contributed by atoms with Crippen molar-refractivity contribution < 1.29 is 28.7 Å². The lowest BCUT2D eigenvalue weighted by molar-refractivity contribution is -0.135. The molecule has 2 aliphatic rings. The van der Waals surface area contributed by atoms with E-state index in [-0.39, 0.29) is 42.0 Å². The van der Waals surface area contributed by atoms with Crippen LogP contribution in [0.25, 0.3) is 0 Å². The maximum Gasteiger partial charge on any atom is 0.338 e. The molecule has 0 atom stereocenters. The molecule has 0 spiro atoms. The number of carbonyl (C=O) groups excluding carboxylic acids is 5. The zero-order valence-electron chi connectivity index (χ0n) is 15.9. The Kier molecular flexibility index (Phi) is 6.58. The van der Waals surface area contributed by atoms with E-state index in [0.717, 1.165) is 37.1 Å². The molecule has 9 nitrogen and oxygen atoms in total. The largest absolute Gasteiger partial charge is 0.452 e. The van der Waals surface area contributed by atoms with Gasteiger partial charge in [-0.25, -0.2) is 9.80 Å². The van der Waals surface area contributed by atoms with E-state index in [1.807, 2.05) is 0 Å². The van der Waals surface area contributed by atoms with Crippen molar-refractivity contribution in [3.8, 4) is 0 Å². The van der Waals surface area contributed by atoms with Crippen molar-refractivity contribution in [2.75, 3.05) is 11.6 Å². The van der Waals surface area contributed by atoms with Crippen LogP contribution in [-0.4, -0.2) is 36.2 Å². The number of imide groups is 1. The molecular formula is C20H23N3O6. The molecule has 9 heteroatoms. The van der Waals surface area contributed by atoms with Crippen LogP contribution in [0.3, 0.4) is 0 Å². The first kappa shape index (κ1) is 20.5. The Hall–Kier alpha value is -3.23. The molecule has 0 bridgehead atoms. The van der Waals surface area contributed by atoms with Crippen LogP contribution in [-0.2, 0) is 23.9 Å². The summed E-state index contributed by atoms with van der Waals surface area (Å²) >= 11 is 0. The van der Waals surface area contributed by atoms with Gasteiger partial charge in [-0.15, -0.1) is 0 Å². The van der Waals surface area contributed by atoms with Crippen molar-refractivity contribution >= 4 is 35.3 Å². The van der Waals surface area contributed by atoms with Crippen LogP contribution in [0, 0.1) is 5.92 Å². The molecular weight excluding hydrogens is 378 g/mol.